The number of amides is 1. The number of methoxy groups -OCH3 is 1. The summed E-state index contributed by atoms with van der Waals surface area (Å²) in [6, 6.07) is 17.5. The number of nitrogens with zero attached hydrogens (tertiary/aromatic N) is 3. The molecule has 27 heavy (non-hydrogen) atoms. The number of likely N-dealkylation sites (N-methyl/N-ethyl adjacent to an activating group) is 1. The lowest BCUT2D eigenvalue weighted by Crippen LogP contribution is -2.46. The first-order valence-electron chi connectivity index (χ1n) is 9.04. The maximum absolute atomic E-state index is 13.1. The summed E-state index contributed by atoms with van der Waals surface area (Å²) in [4.78, 5) is 16.8. The summed E-state index contributed by atoms with van der Waals surface area (Å²) in [5.41, 5.74) is 3.07. The van der Waals surface area contributed by atoms with Gasteiger partial charge in [-0.3, -0.25) is 9.69 Å². The van der Waals surface area contributed by atoms with Crippen LogP contribution in [0.1, 0.15) is 24.5 Å². The fourth-order valence-corrected chi connectivity index (χ4v) is 2.82. The van der Waals surface area contributed by atoms with Crippen LogP contribution in [0.15, 0.2) is 48.5 Å². The molecule has 0 aliphatic carbocycles. The second-order valence-corrected chi connectivity index (χ2v) is 6.67. The molecule has 1 unspecified atom stereocenters. The van der Waals surface area contributed by atoms with Crippen molar-refractivity contribution in [2.45, 2.75) is 32.9 Å². The third kappa shape index (κ3) is 5.57. The Morgan fingerprint density at radius 2 is 1.78 bits per heavy atom. The van der Waals surface area contributed by atoms with Crippen LogP contribution in [-0.2, 0) is 11.3 Å². The van der Waals surface area contributed by atoms with Gasteiger partial charge in [-0.15, -0.1) is 0 Å². The van der Waals surface area contributed by atoms with E-state index in [9.17, 15) is 4.79 Å². The first-order chi connectivity index (χ1) is 13.0. The van der Waals surface area contributed by atoms with Crippen LogP contribution in [0, 0.1) is 18.3 Å². The van der Waals surface area contributed by atoms with Gasteiger partial charge < -0.3 is 9.64 Å². The average Bonchev–Trinajstić information content (AvgIpc) is 2.69. The quantitative estimate of drug-likeness (QED) is 0.714. The lowest BCUT2D eigenvalue weighted by atomic mass is 10.1. The highest BCUT2D eigenvalue weighted by atomic mass is 16.5. The number of benzene rings is 2. The van der Waals surface area contributed by atoms with Crippen molar-refractivity contribution in [3.63, 3.8) is 0 Å². The number of hydrogen-bond donors (Lipinski definition) is 0. The van der Waals surface area contributed by atoms with Gasteiger partial charge in [-0.25, -0.2) is 0 Å². The van der Waals surface area contributed by atoms with E-state index in [1.54, 1.807) is 12.0 Å². The zero-order chi connectivity index (χ0) is 19.8. The summed E-state index contributed by atoms with van der Waals surface area (Å²) >= 11 is 0. The van der Waals surface area contributed by atoms with Crippen molar-refractivity contribution in [3.8, 4) is 11.8 Å². The van der Waals surface area contributed by atoms with E-state index in [1.807, 2.05) is 74.3 Å². The standard InChI is InChI=1S/C22H27N3O2/c1-17-6-10-20(11-7-17)25(15-5-14-23)22(26)18(2)24(3)16-19-8-12-21(27-4)13-9-19/h6-13,18H,5,15-16H2,1-4H3. The van der Waals surface area contributed by atoms with Crippen LogP contribution in [0.3, 0.4) is 0 Å². The van der Waals surface area contributed by atoms with Crippen molar-refractivity contribution >= 4 is 11.6 Å². The third-order valence-corrected chi connectivity index (χ3v) is 4.67. The molecule has 1 atom stereocenters. The maximum atomic E-state index is 13.1. The van der Waals surface area contributed by atoms with Gasteiger partial charge in [-0.2, -0.15) is 5.26 Å². The molecule has 0 bridgehead atoms. The van der Waals surface area contributed by atoms with E-state index >= 15 is 0 Å². The molecule has 1 amide bonds. The molecular weight excluding hydrogens is 338 g/mol. The normalized spacial score (nSPS) is 11.7. The molecule has 0 heterocycles. The Labute approximate surface area is 161 Å². The average molecular weight is 365 g/mol. The summed E-state index contributed by atoms with van der Waals surface area (Å²) in [5.74, 6) is 0.803. The van der Waals surface area contributed by atoms with Gasteiger partial charge in [0.15, 0.2) is 0 Å². The van der Waals surface area contributed by atoms with Crippen molar-refractivity contribution in [2.24, 2.45) is 0 Å². The smallest absolute Gasteiger partial charge is 0.244 e. The minimum atomic E-state index is -0.313. The molecule has 0 saturated carbocycles. The number of carbonyl (C=O) groups is 1. The number of rotatable bonds is 8. The van der Waals surface area contributed by atoms with Crippen LogP contribution in [0.4, 0.5) is 5.69 Å². The van der Waals surface area contributed by atoms with E-state index in [2.05, 4.69) is 6.07 Å². The summed E-state index contributed by atoms with van der Waals surface area (Å²) in [6.45, 7) is 4.95. The van der Waals surface area contributed by atoms with Gasteiger partial charge in [0.25, 0.3) is 0 Å². The molecule has 0 aliphatic rings. The minimum Gasteiger partial charge on any atom is -0.497 e. The minimum absolute atomic E-state index is 0.00915. The van der Waals surface area contributed by atoms with Gasteiger partial charge in [0.2, 0.25) is 5.91 Å². The largest absolute Gasteiger partial charge is 0.497 e. The lowest BCUT2D eigenvalue weighted by Gasteiger charge is -2.30. The fraction of sp³-hybridized carbons (Fsp3) is 0.364. The first-order valence-corrected chi connectivity index (χ1v) is 9.04. The molecule has 142 valence electrons. The summed E-state index contributed by atoms with van der Waals surface area (Å²) in [7, 11) is 3.58. The second-order valence-electron chi connectivity index (χ2n) is 6.67. The molecular formula is C22H27N3O2. The Morgan fingerprint density at radius 3 is 2.33 bits per heavy atom. The van der Waals surface area contributed by atoms with Crippen LogP contribution >= 0.6 is 0 Å². The Kier molecular flexibility index (Phi) is 7.39. The van der Waals surface area contributed by atoms with Gasteiger partial charge in [-0.05, 0) is 50.7 Å². The molecule has 0 radical (unpaired) electrons. The molecule has 5 nitrogen and oxygen atoms in total. The summed E-state index contributed by atoms with van der Waals surface area (Å²) < 4.78 is 5.19. The SMILES string of the molecule is COc1ccc(CN(C)C(C)C(=O)N(CCC#N)c2ccc(C)cc2)cc1. The number of anilines is 1. The molecule has 0 saturated heterocycles. The predicted molar refractivity (Wildman–Crippen MR) is 108 cm³/mol. The topological polar surface area (TPSA) is 56.6 Å². The molecule has 0 N–H and O–H groups in total. The van der Waals surface area contributed by atoms with Crippen molar-refractivity contribution in [3.05, 3.63) is 59.7 Å². The Hall–Kier alpha value is -2.84. The molecule has 2 rings (SSSR count). The monoisotopic (exact) mass is 365 g/mol. The maximum Gasteiger partial charge on any atom is 0.244 e. The highest BCUT2D eigenvalue weighted by Crippen LogP contribution is 2.19. The Morgan fingerprint density at radius 1 is 1.15 bits per heavy atom. The summed E-state index contributed by atoms with van der Waals surface area (Å²) in [6.07, 6.45) is 0.300. The van der Waals surface area contributed by atoms with Crippen molar-refractivity contribution in [2.75, 3.05) is 25.6 Å². The van der Waals surface area contributed by atoms with Crippen LogP contribution in [0.5, 0.6) is 5.75 Å². The number of ether oxygens (including phenoxy) is 1. The number of carbonyl (C=O) groups excluding carboxylic acids is 1. The highest BCUT2D eigenvalue weighted by molar-refractivity contribution is 5.97. The zero-order valence-corrected chi connectivity index (χ0v) is 16.5. The van der Waals surface area contributed by atoms with E-state index < -0.39 is 0 Å². The second kappa shape index (κ2) is 9.75. The van der Waals surface area contributed by atoms with Crippen molar-refractivity contribution in [1.82, 2.24) is 4.90 Å². The Balaban J connectivity index is 2.12. The highest BCUT2D eigenvalue weighted by Gasteiger charge is 2.25. The van der Waals surface area contributed by atoms with E-state index in [0.717, 1.165) is 22.6 Å². The van der Waals surface area contributed by atoms with Gasteiger partial charge in [0.1, 0.15) is 5.75 Å². The van der Waals surface area contributed by atoms with Gasteiger partial charge >= 0.3 is 0 Å². The number of hydrogen-bond acceptors (Lipinski definition) is 4. The fourth-order valence-electron chi connectivity index (χ4n) is 2.82. The summed E-state index contributed by atoms with van der Waals surface area (Å²) in [5, 5.41) is 8.96. The van der Waals surface area contributed by atoms with E-state index in [-0.39, 0.29) is 11.9 Å². The lowest BCUT2D eigenvalue weighted by molar-refractivity contribution is -0.123. The molecule has 0 aliphatic heterocycles. The molecule has 0 fully saturated rings. The molecule has 2 aromatic rings. The molecule has 0 aromatic heterocycles. The van der Waals surface area contributed by atoms with Crippen LogP contribution in [-0.4, -0.2) is 37.6 Å². The zero-order valence-electron chi connectivity index (χ0n) is 16.5. The van der Waals surface area contributed by atoms with Crippen molar-refractivity contribution < 1.29 is 9.53 Å². The molecule has 5 heteroatoms. The number of nitriles is 1. The van der Waals surface area contributed by atoms with Gasteiger partial charge in [0, 0.05) is 18.8 Å². The Bertz CT molecular complexity index is 779. The van der Waals surface area contributed by atoms with E-state index in [4.69, 9.17) is 10.00 Å². The third-order valence-electron chi connectivity index (χ3n) is 4.67. The first kappa shape index (κ1) is 20.5. The molecule has 0 spiro atoms. The van der Waals surface area contributed by atoms with Gasteiger partial charge in [-0.1, -0.05) is 29.8 Å². The molecule has 2 aromatic carbocycles. The van der Waals surface area contributed by atoms with Crippen molar-refractivity contribution in [1.29, 1.82) is 5.26 Å². The van der Waals surface area contributed by atoms with Gasteiger partial charge in [0.05, 0.1) is 25.6 Å². The van der Waals surface area contributed by atoms with Crippen LogP contribution in [0.25, 0.3) is 0 Å². The van der Waals surface area contributed by atoms with Crippen LogP contribution < -0.4 is 9.64 Å². The predicted octanol–water partition coefficient (Wildman–Crippen LogP) is 3.77. The van der Waals surface area contributed by atoms with E-state index in [0.29, 0.717) is 19.5 Å². The van der Waals surface area contributed by atoms with E-state index in [1.165, 1.54) is 0 Å². The van der Waals surface area contributed by atoms with Crippen LogP contribution in [0.2, 0.25) is 0 Å². The number of aryl methyl sites for hydroxylation is 1.